The van der Waals surface area contributed by atoms with Gasteiger partial charge in [-0.15, -0.1) is 0 Å². The summed E-state index contributed by atoms with van der Waals surface area (Å²) in [5.74, 6) is 1.03. The van der Waals surface area contributed by atoms with Crippen LogP contribution in [0.3, 0.4) is 0 Å². The summed E-state index contributed by atoms with van der Waals surface area (Å²) in [4.78, 5) is 0. The Kier molecular flexibility index (Phi) is 8.55. The Hall–Kier alpha value is -2.90. The van der Waals surface area contributed by atoms with Crippen LogP contribution >= 0.6 is 0 Å². The lowest BCUT2D eigenvalue weighted by atomic mass is 9.90. The van der Waals surface area contributed by atoms with Gasteiger partial charge in [0.1, 0.15) is 30.5 Å². The van der Waals surface area contributed by atoms with Gasteiger partial charge in [-0.2, -0.15) is 0 Å². The van der Waals surface area contributed by atoms with Crippen molar-refractivity contribution in [3.8, 4) is 23.0 Å². The first kappa shape index (κ1) is 27.1. The molecule has 0 amide bonds. The van der Waals surface area contributed by atoms with Gasteiger partial charge in [0.25, 0.3) is 0 Å². The van der Waals surface area contributed by atoms with Crippen LogP contribution in [0.15, 0.2) is 36.4 Å². The average Bonchev–Trinajstić information content (AvgIpc) is 3.30. The van der Waals surface area contributed by atoms with Gasteiger partial charge in [0.15, 0.2) is 23.0 Å². The molecule has 0 bridgehead atoms. The van der Waals surface area contributed by atoms with Crippen LogP contribution in [0.4, 0.5) is 0 Å². The number of hydrogen-bond donors (Lipinski definition) is 6. The Morgan fingerprint density at radius 2 is 1.62 bits per heavy atom. The van der Waals surface area contributed by atoms with E-state index >= 15 is 0 Å². The van der Waals surface area contributed by atoms with Crippen molar-refractivity contribution in [1.82, 2.24) is 0 Å². The lowest BCUT2D eigenvalue weighted by molar-refractivity contribution is -0.277. The molecule has 4 rings (SSSR count). The summed E-state index contributed by atoms with van der Waals surface area (Å²) in [6, 6.07) is 8.60. The first-order valence-corrected chi connectivity index (χ1v) is 11.8. The van der Waals surface area contributed by atoms with Crippen LogP contribution in [0.5, 0.6) is 23.0 Å². The Bertz CT molecular complexity index is 1100. The number of ether oxygens (including phenoxy) is 5. The molecule has 0 unspecified atom stereocenters. The van der Waals surface area contributed by atoms with Crippen LogP contribution in [0.2, 0.25) is 0 Å². The van der Waals surface area contributed by atoms with E-state index in [9.17, 15) is 25.5 Å². The van der Waals surface area contributed by atoms with Crippen molar-refractivity contribution >= 4 is 6.08 Å². The standard InChI is InChI=1S/C26H32O11/c1-33-18-10-14(5-6-17(18)35-26-23(32)22(31)21(30)20(12-29)36-26)24-16(11-28)15-8-13(4-3-7-27)9-19(34-2)25(15)37-24/h3-6,8-10,16,20-24,26-32H,7,11-12H2,1-2H3/b4-3+/t16-,20+,21-,22-,23-,24-,26-/m1/s1. The topological polar surface area (TPSA) is 168 Å². The van der Waals surface area contributed by atoms with E-state index in [0.29, 0.717) is 17.1 Å². The molecule has 1 saturated heterocycles. The van der Waals surface area contributed by atoms with Crippen LogP contribution in [-0.4, -0.2) is 95.4 Å². The summed E-state index contributed by atoms with van der Waals surface area (Å²) in [5, 5.41) is 59.1. The second kappa shape index (κ2) is 11.7. The van der Waals surface area contributed by atoms with Crippen LogP contribution < -0.4 is 18.9 Å². The number of aliphatic hydroxyl groups excluding tert-OH is 6. The molecule has 2 aliphatic heterocycles. The molecule has 7 atom stereocenters. The van der Waals surface area contributed by atoms with Crippen LogP contribution in [-0.2, 0) is 4.74 Å². The molecule has 2 aliphatic rings. The van der Waals surface area contributed by atoms with Gasteiger partial charge in [-0.05, 0) is 35.4 Å². The molecule has 0 radical (unpaired) electrons. The highest BCUT2D eigenvalue weighted by molar-refractivity contribution is 5.62. The number of rotatable bonds is 9. The summed E-state index contributed by atoms with van der Waals surface area (Å²) in [6.07, 6.45) is -4.38. The zero-order chi connectivity index (χ0) is 26.7. The molecular weight excluding hydrogens is 488 g/mol. The van der Waals surface area contributed by atoms with Gasteiger partial charge < -0.3 is 54.3 Å². The van der Waals surface area contributed by atoms with E-state index in [4.69, 9.17) is 28.8 Å². The normalized spacial score (nSPS) is 29.1. The maximum Gasteiger partial charge on any atom is 0.229 e. The highest BCUT2D eigenvalue weighted by Crippen LogP contribution is 2.51. The van der Waals surface area contributed by atoms with E-state index in [1.807, 2.05) is 6.07 Å². The largest absolute Gasteiger partial charge is 0.493 e. The van der Waals surface area contributed by atoms with Gasteiger partial charge in [-0.1, -0.05) is 18.2 Å². The molecule has 1 fully saturated rings. The minimum Gasteiger partial charge on any atom is -0.493 e. The Morgan fingerprint density at radius 1 is 0.865 bits per heavy atom. The van der Waals surface area contributed by atoms with Crippen LogP contribution in [0.25, 0.3) is 6.08 Å². The molecular formula is C26H32O11. The van der Waals surface area contributed by atoms with E-state index in [-0.39, 0.29) is 24.7 Å². The van der Waals surface area contributed by atoms with E-state index in [2.05, 4.69) is 0 Å². The zero-order valence-corrected chi connectivity index (χ0v) is 20.4. The lowest BCUT2D eigenvalue weighted by Gasteiger charge is -2.39. The minimum absolute atomic E-state index is 0.112. The fourth-order valence-corrected chi connectivity index (χ4v) is 4.60. The van der Waals surface area contributed by atoms with E-state index < -0.39 is 49.3 Å². The molecule has 0 saturated carbocycles. The molecule has 0 spiro atoms. The van der Waals surface area contributed by atoms with Gasteiger partial charge >= 0.3 is 0 Å². The van der Waals surface area contributed by atoms with Crippen molar-refractivity contribution in [3.63, 3.8) is 0 Å². The van der Waals surface area contributed by atoms with E-state index in [1.165, 1.54) is 14.2 Å². The van der Waals surface area contributed by atoms with Crippen molar-refractivity contribution < 1.29 is 54.3 Å². The first-order chi connectivity index (χ1) is 17.9. The summed E-state index contributed by atoms with van der Waals surface area (Å²) in [7, 11) is 2.95. The molecule has 2 aromatic carbocycles. The number of methoxy groups -OCH3 is 2. The summed E-state index contributed by atoms with van der Waals surface area (Å²) >= 11 is 0. The smallest absolute Gasteiger partial charge is 0.229 e. The molecule has 37 heavy (non-hydrogen) atoms. The van der Waals surface area contributed by atoms with Crippen LogP contribution in [0, 0.1) is 0 Å². The van der Waals surface area contributed by atoms with Gasteiger partial charge in [0.2, 0.25) is 6.29 Å². The molecule has 202 valence electrons. The van der Waals surface area contributed by atoms with Gasteiger partial charge in [-0.25, -0.2) is 0 Å². The Labute approximate surface area is 213 Å². The van der Waals surface area contributed by atoms with Crippen molar-refractivity contribution in [3.05, 3.63) is 53.1 Å². The van der Waals surface area contributed by atoms with Crippen LogP contribution in [0.1, 0.15) is 28.7 Å². The molecule has 11 nitrogen and oxygen atoms in total. The molecule has 6 N–H and O–H groups in total. The van der Waals surface area contributed by atoms with E-state index in [1.54, 1.807) is 36.4 Å². The first-order valence-electron chi connectivity index (χ1n) is 11.8. The Balaban J connectivity index is 1.61. The Morgan fingerprint density at radius 3 is 2.27 bits per heavy atom. The molecule has 0 aliphatic carbocycles. The number of benzene rings is 2. The lowest BCUT2D eigenvalue weighted by Crippen LogP contribution is -2.60. The fourth-order valence-electron chi connectivity index (χ4n) is 4.60. The second-order valence-corrected chi connectivity index (χ2v) is 8.78. The summed E-state index contributed by atoms with van der Waals surface area (Å²) in [6.45, 7) is -0.900. The van der Waals surface area contributed by atoms with Crippen molar-refractivity contribution in [1.29, 1.82) is 0 Å². The van der Waals surface area contributed by atoms with Crippen molar-refractivity contribution in [2.45, 2.75) is 42.7 Å². The van der Waals surface area contributed by atoms with Gasteiger partial charge in [-0.3, -0.25) is 0 Å². The second-order valence-electron chi connectivity index (χ2n) is 8.78. The predicted octanol–water partition coefficient (Wildman–Crippen LogP) is 0.0976. The van der Waals surface area contributed by atoms with Crippen molar-refractivity contribution in [2.24, 2.45) is 0 Å². The van der Waals surface area contributed by atoms with Gasteiger partial charge in [0, 0.05) is 5.56 Å². The number of hydrogen-bond acceptors (Lipinski definition) is 11. The average molecular weight is 521 g/mol. The molecule has 11 heteroatoms. The minimum atomic E-state index is -1.58. The predicted molar refractivity (Wildman–Crippen MR) is 130 cm³/mol. The molecule has 2 heterocycles. The monoisotopic (exact) mass is 520 g/mol. The SMILES string of the molecule is COc1cc([C@H]2Oc3c(OC)cc(/C=C/CO)cc3[C@H]2CO)ccc1O[C@@H]1O[C@@H](CO)[C@@H](O)[C@@H](O)[C@H]1O. The molecule has 0 aromatic heterocycles. The summed E-state index contributed by atoms with van der Waals surface area (Å²) < 4.78 is 28.4. The highest BCUT2D eigenvalue weighted by Gasteiger charge is 2.45. The quantitative estimate of drug-likeness (QED) is 0.265. The third kappa shape index (κ3) is 5.25. The third-order valence-corrected chi connectivity index (χ3v) is 6.56. The molecule has 2 aromatic rings. The highest BCUT2D eigenvalue weighted by atomic mass is 16.7. The maximum absolute atomic E-state index is 10.3. The third-order valence-electron chi connectivity index (χ3n) is 6.56. The number of fused-ring (bicyclic) bond motifs is 1. The zero-order valence-electron chi connectivity index (χ0n) is 20.4. The van der Waals surface area contributed by atoms with Crippen molar-refractivity contribution in [2.75, 3.05) is 34.0 Å². The number of aliphatic hydroxyl groups is 6. The van der Waals surface area contributed by atoms with Gasteiger partial charge in [0.05, 0.1) is 40.0 Å². The maximum atomic E-state index is 10.3. The fraction of sp³-hybridized carbons (Fsp3) is 0.462. The van der Waals surface area contributed by atoms with E-state index in [0.717, 1.165) is 11.1 Å². The summed E-state index contributed by atoms with van der Waals surface area (Å²) in [5.41, 5.74) is 2.21.